The molecule has 15 heavy (non-hydrogen) atoms. The maximum atomic E-state index is 5.89. The monoisotopic (exact) mass is 241 g/mol. The van der Waals surface area contributed by atoms with Crippen LogP contribution in [0, 0.1) is 0 Å². The molecular formula is C10H12ClN3S. The molecule has 0 aliphatic heterocycles. The van der Waals surface area contributed by atoms with Gasteiger partial charge in [-0.05, 0) is 19.1 Å². The predicted octanol–water partition coefficient (Wildman–Crippen LogP) is 2.98. The molecule has 2 rings (SSSR count). The molecule has 0 saturated carbocycles. The third kappa shape index (κ3) is 2.86. The first-order valence-electron chi connectivity index (χ1n) is 4.78. The molecule has 5 heteroatoms. The number of anilines is 1. The Morgan fingerprint density at radius 1 is 1.40 bits per heavy atom. The van der Waals surface area contributed by atoms with Crippen molar-refractivity contribution in [2.45, 2.75) is 24.0 Å². The van der Waals surface area contributed by atoms with Gasteiger partial charge in [0.05, 0.1) is 0 Å². The van der Waals surface area contributed by atoms with E-state index in [4.69, 9.17) is 11.6 Å². The highest BCUT2D eigenvalue weighted by Crippen LogP contribution is 2.20. The van der Waals surface area contributed by atoms with Crippen molar-refractivity contribution < 1.29 is 0 Å². The second-order valence-electron chi connectivity index (χ2n) is 3.35. The van der Waals surface area contributed by atoms with Crippen LogP contribution >= 0.6 is 23.4 Å². The van der Waals surface area contributed by atoms with Crippen LogP contribution < -0.4 is 5.32 Å². The first-order valence-corrected chi connectivity index (χ1v) is 6.38. The van der Waals surface area contributed by atoms with Crippen LogP contribution in [0.5, 0.6) is 0 Å². The number of hydrogen-bond donors (Lipinski definition) is 1. The molecule has 0 unspecified atom stereocenters. The molecule has 0 atom stereocenters. The van der Waals surface area contributed by atoms with Crippen molar-refractivity contribution in [2.24, 2.45) is 0 Å². The van der Waals surface area contributed by atoms with Crippen LogP contribution in [0.15, 0.2) is 23.4 Å². The lowest BCUT2D eigenvalue weighted by Crippen LogP contribution is -2.16. The summed E-state index contributed by atoms with van der Waals surface area (Å²) in [6.45, 7) is 0. The Hall–Kier alpha value is -0.740. The van der Waals surface area contributed by atoms with Crippen LogP contribution in [0.1, 0.15) is 12.8 Å². The zero-order valence-electron chi connectivity index (χ0n) is 8.40. The van der Waals surface area contributed by atoms with E-state index in [9.17, 15) is 0 Å². The van der Waals surface area contributed by atoms with E-state index in [0.717, 1.165) is 18.7 Å². The molecule has 0 saturated heterocycles. The Morgan fingerprint density at radius 2 is 2.13 bits per heavy atom. The van der Waals surface area contributed by atoms with Crippen LogP contribution in [-0.2, 0) is 0 Å². The van der Waals surface area contributed by atoms with Gasteiger partial charge in [-0.1, -0.05) is 35.5 Å². The van der Waals surface area contributed by atoms with Crippen LogP contribution in [0.2, 0.25) is 5.15 Å². The summed E-state index contributed by atoms with van der Waals surface area (Å²) >= 11 is 7.39. The highest BCUT2D eigenvalue weighted by Gasteiger charge is 2.11. The number of nitrogens with one attached hydrogen (secondary N) is 1. The smallest absolute Gasteiger partial charge is 0.190 e. The van der Waals surface area contributed by atoms with Gasteiger partial charge in [-0.3, -0.25) is 0 Å². The average molecular weight is 242 g/mol. The zero-order valence-corrected chi connectivity index (χ0v) is 9.98. The van der Waals surface area contributed by atoms with Crippen molar-refractivity contribution in [3.8, 4) is 0 Å². The molecule has 1 aromatic heterocycles. The maximum absolute atomic E-state index is 5.89. The van der Waals surface area contributed by atoms with Crippen molar-refractivity contribution in [1.82, 2.24) is 9.97 Å². The number of rotatable bonds is 3. The molecule has 1 aliphatic carbocycles. The third-order valence-corrected chi connectivity index (χ3v) is 2.96. The van der Waals surface area contributed by atoms with Gasteiger partial charge in [-0.15, -0.1) is 0 Å². The Labute approximate surface area is 98.3 Å². The first-order chi connectivity index (χ1) is 7.28. The van der Waals surface area contributed by atoms with Crippen molar-refractivity contribution in [2.75, 3.05) is 11.6 Å². The fourth-order valence-electron chi connectivity index (χ4n) is 1.51. The molecule has 3 nitrogen and oxygen atoms in total. The number of aromatic nitrogens is 2. The fourth-order valence-corrected chi connectivity index (χ4v) is 2.12. The van der Waals surface area contributed by atoms with Crippen LogP contribution in [0.25, 0.3) is 0 Å². The fraction of sp³-hybridized carbons (Fsp3) is 0.400. The normalized spacial score (nSPS) is 15.9. The lowest BCUT2D eigenvalue weighted by Gasteiger charge is -2.13. The minimum Gasteiger partial charge on any atom is -0.367 e. The minimum absolute atomic E-state index is 0.450. The van der Waals surface area contributed by atoms with Crippen molar-refractivity contribution in [3.63, 3.8) is 0 Å². The van der Waals surface area contributed by atoms with E-state index in [1.54, 1.807) is 6.07 Å². The quantitative estimate of drug-likeness (QED) is 0.382. The predicted molar refractivity (Wildman–Crippen MR) is 64.6 cm³/mol. The third-order valence-electron chi connectivity index (χ3n) is 2.22. The van der Waals surface area contributed by atoms with Gasteiger partial charge in [0.25, 0.3) is 0 Å². The van der Waals surface area contributed by atoms with Crippen molar-refractivity contribution >= 4 is 29.2 Å². The molecule has 1 N–H and O–H groups in total. The van der Waals surface area contributed by atoms with Gasteiger partial charge in [0.1, 0.15) is 11.0 Å². The zero-order chi connectivity index (χ0) is 10.7. The summed E-state index contributed by atoms with van der Waals surface area (Å²) in [5.41, 5.74) is 0. The van der Waals surface area contributed by atoms with Crippen molar-refractivity contribution in [3.05, 3.63) is 23.4 Å². The summed E-state index contributed by atoms with van der Waals surface area (Å²) in [5, 5.41) is 4.54. The topological polar surface area (TPSA) is 37.8 Å². The lowest BCUT2D eigenvalue weighted by molar-refractivity contribution is 0.774. The maximum Gasteiger partial charge on any atom is 0.190 e. The summed E-state index contributed by atoms with van der Waals surface area (Å²) in [4.78, 5) is 8.43. The highest BCUT2D eigenvalue weighted by molar-refractivity contribution is 7.98. The van der Waals surface area contributed by atoms with Gasteiger partial charge in [0.15, 0.2) is 5.16 Å². The summed E-state index contributed by atoms with van der Waals surface area (Å²) in [6, 6.07) is 2.21. The summed E-state index contributed by atoms with van der Waals surface area (Å²) < 4.78 is 0. The average Bonchev–Trinajstić information content (AvgIpc) is 2.69. The number of halogens is 1. The largest absolute Gasteiger partial charge is 0.367 e. The van der Waals surface area contributed by atoms with E-state index in [1.165, 1.54) is 11.8 Å². The van der Waals surface area contributed by atoms with E-state index in [1.807, 2.05) is 6.26 Å². The molecule has 0 radical (unpaired) electrons. The number of nitrogens with zero attached hydrogens (tertiary/aromatic N) is 2. The summed E-state index contributed by atoms with van der Waals surface area (Å²) in [5.74, 6) is 0.813. The summed E-state index contributed by atoms with van der Waals surface area (Å²) in [6.07, 6.45) is 8.39. The van der Waals surface area contributed by atoms with Gasteiger partial charge in [0, 0.05) is 12.1 Å². The van der Waals surface area contributed by atoms with E-state index >= 15 is 0 Å². The molecule has 0 fully saturated rings. The Balaban J connectivity index is 2.09. The molecule has 0 amide bonds. The van der Waals surface area contributed by atoms with Crippen LogP contribution in [0.3, 0.4) is 0 Å². The Kier molecular flexibility index (Phi) is 3.49. The second-order valence-corrected chi connectivity index (χ2v) is 4.51. The van der Waals surface area contributed by atoms with E-state index in [-0.39, 0.29) is 0 Å². The van der Waals surface area contributed by atoms with Gasteiger partial charge >= 0.3 is 0 Å². The van der Waals surface area contributed by atoms with E-state index in [0.29, 0.717) is 16.4 Å². The lowest BCUT2D eigenvalue weighted by atomic mass is 10.2. The molecule has 1 aliphatic rings. The van der Waals surface area contributed by atoms with Gasteiger partial charge < -0.3 is 5.32 Å². The van der Waals surface area contributed by atoms with Crippen LogP contribution in [-0.4, -0.2) is 22.3 Å². The molecule has 0 spiro atoms. The minimum atomic E-state index is 0.450. The molecule has 0 aromatic carbocycles. The molecule has 1 heterocycles. The van der Waals surface area contributed by atoms with E-state index in [2.05, 4.69) is 27.4 Å². The summed E-state index contributed by atoms with van der Waals surface area (Å²) in [7, 11) is 0. The number of thioether (sulfide) groups is 1. The van der Waals surface area contributed by atoms with Gasteiger partial charge in [-0.2, -0.15) is 0 Å². The first kappa shape index (κ1) is 10.8. The SMILES string of the molecule is CSc1nc(Cl)cc(NC2CC=CC2)n1. The van der Waals surface area contributed by atoms with Crippen molar-refractivity contribution in [1.29, 1.82) is 0 Å². The molecular weight excluding hydrogens is 230 g/mol. The van der Waals surface area contributed by atoms with Gasteiger partial charge in [-0.25, -0.2) is 9.97 Å². The molecule has 0 bridgehead atoms. The van der Waals surface area contributed by atoms with E-state index < -0.39 is 0 Å². The van der Waals surface area contributed by atoms with Crippen LogP contribution in [0.4, 0.5) is 5.82 Å². The number of hydrogen-bond acceptors (Lipinski definition) is 4. The molecule has 1 aromatic rings. The highest BCUT2D eigenvalue weighted by atomic mass is 35.5. The molecule has 80 valence electrons. The Morgan fingerprint density at radius 3 is 2.80 bits per heavy atom. The second kappa shape index (κ2) is 4.86. The van der Waals surface area contributed by atoms with Gasteiger partial charge in [0.2, 0.25) is 0 Å². The Bertz CT molecular complexity index is 373. The standard InChI is InChI=1S/C10H12ClN3S/c1-15-10-13-8(11)6-9(14-10)12-7-4-2-3-5-7/h2-3,6-7H,4-5H2,1H3,(H,12,13,14).